The van der Waals surface area contributed by atoms with Crippen LogP contribution in [0.15, 0.2) is 67.7 Å². The van der Waals surface area contributed by atoms with Crippen LogP contribution in [-0.2, 0) is 0 Å². The van der Waals surface area contributed by atoms with Gasteiger partial charge in [-0.05, 0) is 32.0 Å². The SMILES string of the molecule is C/C=C\C.CC.c1cncnc1.c1cnn2ccnc2c1. The smallest absolute Gasteiger partial charge is 0.153 e. The molecule has 3 heterocycles. The average Bonchev–Trinajstić information content (AvgIpc) is 3.08. The fourth-order valence-corrected chi connectivity index (χ4v) is 1.02. The fraction of sp³-hybridized carbons (Fsp3) is 0.250. The molecule has 5 nitrogen and oxygen atoms in total. The second kappa shape index (κ2) is 13.9. The Balaban J connectivity index is 0.000000292. The van der Waals surface area contributed by atoms with Gasteiger partial charge in [0.1, 0.15) is 6.33 Å². The van der Waals surface area contributed by atoms with E-state index in [1.807, 2.05) is 58.2 Å². The lowest BCUT2D eigenvalue weighted by Gasteiger charge is -1.85. The van der Waals surface area contributed by atoms with Gasteiger partial charge < -0.3 is 0 Å². The molecular weight excluding hydrogens is 262 g/mol. The summed E-state index contributed by atoms with van der Waals surface area (Å²) in [6.07, 6.45) is 14.1. The molecule has 21 heavy (non-hydrogen) atoms. The maximum absolute atomic E-state index is 4.02. The topological polar surface area (TPSA) is 56.0 Å². The Morgan fingerprint density at radius 1 is 0.905 bits per heavy atom. The van der Waals surface area contributed by atoms with E-state index in [0.29, 0.717) is 0 Å². The third-order valence-electron chi connectivity index (χ3n) is 1.98. The normalized spacial score (nSPS) is 8.76. The van der Waals surface area contributed by atoms with Crippen LogP contribution in [0.4, 0.5) is 0 Å². The van der Waals surface area contributed by atoms with Gasteiger partial charge in [-0.25, -0.2) is 19.5 Å². The molecule has 0 atom stereocenters. The minimum absolute atomic E-state index is 0.887. The zero-order valence-electron chi connectivity index (χ0n) is 13.1. The number of hydrogen-bond acceptors (Lipinski definition) is 4. The monoisotopic (exact) mass is 285 g/mol. The summed E-state index contributed by atoms with van der Waals surface area (Å²) in [4.78, 5) is 11.4. The van der Waals surface area contributed by atoms with E-state index >= 15 is 0 Å². The summed E-state index contributed by atoms with van der Waals surface area (Å²) in [6.45, 7) is 8.00. The summed E-state index contributed by atoms with van der Waals surface area (Å²) in [5.41, 5.74) is 0.887. The van der Waals surface area contributed by atoms with Crippen LogP contribution in [0.25, 0.3) is 5.65 Å². The maximum atomic E-state index is 4.02. The van der Waals surface area contributed by atoms with Gasteiger partial charge in [0.05, 0.1) is 0 Å². The van der Waals surface area contributed by atoms with E-state index < -0.39 is 0 Å². The molecule has 0 aliphatic carbocycles. The van der Waals surface area contributed by atoms with Gasteiger partial charge >= 0.3 is 0 Å². The van der Waals surface area contributed by atoms with Crippen LogP contribution in [0.2, 0.25) is 0 Å². The van der Waals surface area contributed by atoms with Crippen molar-refractivity contribution >= 4 is 5.65 Å². The molecule has 0 amide bonds. The van der Waals surface area contributed by atoms with Crippen molar-refractivity contribution in [2.75, 3.05) is 0 Å². The molecule has 0 bridgehead atoms. The molecule has 5 heteroatoms. The molecule has 3 rings (SSSR count). The first-order chi connectivity index (χ1) is 10.4. The van der Waals surface area contributed by atoms with Crippen LogP contribution in [-0.4, -0.2) is 24.6 Å². The van der Waals surface area contributed by atoms with Crippen LogP contribution in [0.1, 0.15) is 27.7 Å². The number of nitrogens with zero attached hydrogens (tertiary/aromatic N) is 5. The van der Waals surface area contributed by atoms with Gasteiger partial charge in [0.15, 0.2) is 5.65 Å². The number of rotatable bonds is 0. The first-order valence-corrected chi connectivity index (χ1v) is 6.90. The Hall–Kier alpha value is -2.56. The number of hydrogen-bond donors (Lipinski definition) is 0. The maximum Gasteiger partial charge on any atom is 0.153 e. The molecule has 0 aliphatic heterocycles. The van der Waals surface area contributed by atoms with Gasteiger partial charge in [0.25, 0.3) is 0 Å². The fourth-order valence-electron chi connectivity index (χ4n) is 1.02. The molecule has 0 saturated carbocycles. The first-order valence-electron chi connectivity index (χ1n) is 6.90. The third kappa shape index (κ3) is 9.04. The molecule has 0 unspecified atom stereocenters. The number of aromatic nitrogens is 5. The summed E-state index contributed by atoms with van der Waals surface area (Å²) in [6, 6.07) is 5.55. The minimum Gasteiger partial charge on any atom is -0.245 e. The summed E-state index contributed by atoms with van der Waals surface area (Å²) >= 11 is 0. The second-order valence-electron chi connectivity index (χ2n) is 3.32. The van der Waals surface area contributed by atoms with Crippen LogP contribution < -0.4 is 0 Å². The Labute approximate surface area is 126 Å². The van der Waals surface area contributed by atoms with E-state index in [1.54, 1.807) is 35.4 Å². The van der Waals surface area contributed by atoms with Crippen LogP contribution in [0.3, 0.4) is 0 Å². The van der Waals surface area contributed by atoms with Gasteiger partial charge in [-0.3, -0.25) is 0 Å². The zero-order chi connectivity index (χ0) is 15.8. The number of allylic oxidation sites excluding steroid dienone is 2. The highest BCUT2D eigenvalue weighted by atomic mass is 15.2. The molecule has 0 aliphatic rings. The van der Waals surface area contributed by atoms with Crippen LogP contribution >= 0.6 is 0 Å². The highest BCUT2D eigenvalue weighted by molar-refractivity contribution is 5.34. The van der Waals surface area contributed by atoms with E-state index in [9.17, 15) is 0 Å². The van der Waals surface area contributed by atoms with Gasteiger partial charge in [-0.1, -0.05) is 26.0 Å². The van der Waals surface area contributed by atoms with Crippen LogP contribution in [0.5, 0.6) is 0 Å². The Bertz CT molecular complexity index is 514. The van der Waals surface area contributed by atoms with Gasteiger partial charge in [0.2, 0.25) is 0 Å². The Morgan fingerprint density at radius 3 is 2.00 bits per heavy atom. The van der Waals surface area contributed by atoms with E-state index in [2.05, 4.69) is 20.1 Å². The van der Waals surface area contributed by atoms with E-state index in [1.165, 1.54) is 6.33 Å². The molecule has 0 fully saturated rings. The molecule has 0 N–H and O–H groups in total. The molecular formula is C16H23N5. The number of imidazole rings is 1. The van der Waals surface area contributed by atoms with Crippen molar-refractivity contribution in [3.63, 3.8) is 0 Å². The lowest BCUT2D eigenvalue weighted by Crippen LogP contribution is -1.85. The van der Waals surface area contributed by atoms with Crippen molar-refractivity contribution in [2.45, 2.75) is 27.7 Å². The van der Waals surface area contributed by atoms with Crippen molar-refractivity contribution in [2.24, 2.45) is 0 Å². The predicted molar refractivity (Wildman–Crippen MR) is 86.9 cm³/mol. The molecule has 112 valence electrons. The van der Waals surface area contributed by atoms with Crippen LogP contribution in [0, 0.1) is 0 Å². The Kier molecular flexibility index (Phi) is 12.2. The van der Waals surface area contributed by atoms with Crippen molar-refractivity contribution in [3.05, 3.63) is 67.7 Å². The third-order valence-corrected chi connectivity index (χ3v) is 1.98. The second-order valence-corrected chi connectivity index (χ2v) is 3.32. The molecule has 0 aromatic carbocycles. The number of fused-ring (bicyclic) bond motifs is 1. The Morgan fingerprint density at radius 2 is 1.57 bits per heavy atom. The standard InChI is InChI=1S/C6H5N3.C4H4N2.C4H8.C2H6/c1-2-6-7-4-5-9(6)8-3-1;1-2-5-4-6-3-1;1-3-4-2;1-2/h1-5H;1-4H;3-4H,1-2H3;1-2H3/b;;4-3-;. The van der Waals surface area contributed by atoms with Crippen molar-refractivity contribution in [3.8, 4) is 0 Å². The molecule has 3 aromatic rings. The van der Waals surface area contributed by atoms with E-state index in [-0.39, 0.29) is 0 Å². The van der Waals surface area contributed by atoms with Crippen molar-refractivity contribution in [1.82, 2.24) is 24.6 Å². The summed E-state index contributed by atoms with van der Waals surface area (Å²) in [7, 11) is 0. The highest BCUT2D eigenvalue weighted by Gasteiger charge is 1.86. The van der Waals surface area contributed by atoms with Crippen molar-refractivity contribution in [1.29, 1.82) is 0 Å². The minimum atomic E-state index is 0.887. The summed E-state index contributed by atoms with van der Waals surface area (Å²) in [5, 5.41) is 4.00. The quantitative estimate of drug-likeness (QED) is 0.589. The molecule has 3 aromatic heterocycles. The average molecular weight is 285 g/mol. The van der Waals surface area contributed by atoms with Gasteiger partial charge in [0, 0.05) is 31.0 Å². The zero-order valence-corrected chi connectivity index (χ0v) is 13.1. The van der Waals surface area contributed by atoms with Gasteiger partial charge in [-0.15, -0.1) is 0 Å². The lowest BCUT2D eigenvalue weighted by atomic mass is 10.6. The van der Waals surface area contributed by atoms with E-state index in [0.717, 1.165) is 5.65 Å². The lowest BCUT2D eigenvalue weighted by molar-refractivity contribution is 0.936. The highest BCUT2D eigenvalue weighted by Crippen LogP contribution is 1.93. The van der Waals surface area contributed by atoms with Gasteiger partial charge in [-0.2, -0.15) is 5.10 Å². The molecule has 0 saturated heterocycles. The molecule has 0 radical (unpaired) electrons. The molecule has 0 spiro atoms. The summed E-state index contributed by atoms with van der Waals surface area (Å²) < 4.78 is 1.72. The largest absolute Gasteiger partial charge is 0.245 e. The predicted octanol–water partition coefficient (Wildman–Crippen LogP) is 3.81. The van der Waals surface area contributed by atoms with E-state index in [4.69, 9.17) is 0 Å². The first kappa shape index (κ1) is 18.4. The summed E-state index contributed by atoms with van der Waals surface area (Å²) in [5.74, 6) is 0. The van der Waals surface area contributed by atoms with Crippen molar-refractivity contribution < 1.29 is 0 Å².